The van der Waals surface area contributed by atoms with E-state index in [1.165, 1.54) is 0 Å². The second-order valence-corrected chi connectivity index (χ2v) is 4.02. The summed E-state index contributed by atoms with van der Waals surface area (Å²) in [7, 11) is 0. The van der Waals surface area contributed by atoms with Crippen molar-refractivity contribution < 1.29 is 9.53 Å². The fourth-order valence-corrected chi connectivity index (χ4v) is 1.61. The Morgan fingerprint density at radius 3 is 2.57 bits per heavy atom. The minimum absolute atomic E-state index is 0.0648. The summed E-state index contributed by atoms with van der Waals surface area (Å²) in [6.45, 7) is 0.623. The van der Waals surface area contributed by atoms with Crippen molar-refractivity contribution in [2.24, 2.45) is 0 Å². The number of hydrogen-bond acceptors (Lipinski definition) is 2. The zero-order valence-electron chi connectivity index (χ0n) is 7.50. The van der Waals surface area contributed by atoms with Gasteiger partial charge in [0.05, 0.1) is 12.9 Å². The first-order chi connectivity index (χ1) is 6.77. The highest BCUT2D eigenvalue weighted by molar-refractivity contribution is 9.10. The fraction of sp³-hybridized carbons (Fsp3) is 0.182. The Morgan fingerprint density at radius 2 is 2.00 bits per heavy atom. The minimum atomic E-state index is 0.0648. The summed E-state index contributed by atoms with van der Waals surface area (Å²) < 4.78 is 6.01. The molecule has 0 atom stereocenters. The Hall–Kier alpha value is -1.09. The lowest BCUT2D eigenvalue weighted by molar-refractivity contribution is 0.103. The van der Waals surface area contributed by atoms with Crippen LogP contribution in [0.4, 0.5) is 0 Å². The molecule has 14 heavy (non-hydrogen) atoms. The van der Waals surface area contributed by atoms with Crippen LogP contribution in [0.5, 0.6) is 0 Å². The first kappa shape index (κ1) is 9.46. The average Bonchev–Trinajstić information content (AvgIpc) is 2.71. The van der Waals surface area contributed by atoms with Crippen LogP contribution in [0.25, 0.3) is 0 Å². The van der Waals surface area contributed by atoms with E-state index in [9.17, 15) is 4.79 Å². The molecule has 0 saturated carbocycles. The van der Waals surface area contributed by atoms with Gasteiger partial charge in [-0.15, -0.1) is 0 Å². The molecule has 0 bridgehead atoms. The topological polar surface area (TPSA) is 26.3 Å². The number of carbonyl (C=O) groups excluding carboxylic acids is 1. The molecule has 0 N–H and O–H groups in total. The largest absolute Gasteiger partial charge is 0.500 e. The van der Waals surface area contributed by atoms with Crippen LogP contribution in [0, 0.1) is 0 Å². The van der Waals surface area contributed by atoms with Crippen molar-refractivity contribution in [3.8, 4) is 0 Å². The molecule has 1 aliphatic heterocycles. The normalized spacial score (nSPS) is 14.8. The lowest BCUT2D eigenvalue weighted by atomic mass is 10.0. The Morgan fingerprint density at radius 1 is 1.29 bits per heavy atom. The van der Waals surface area contributed by atoms with Crippen molar-refractivity contribution in [2.45, 2.75) is 6.42 Å². The molecule has 0 saturated heterocycles. The van der Waals surface area contributed by atoms with Crippen LogP contribution in [-0.2, 0) is 4.74 Å². The summed E-state index contributed by atoms with van der Waals surface area (Å²) in [4.78, 5) is 11.8. The zero-order valence-corrected chi connectivity index (χ0v) is 9.08. The number of Topliss-reactive ketones (excluding diaryl/α,β-unsaturated/α-hetero) is 1. The Balaban J connectivity index is 2.22. The van der Waals surface area contributed by atoms with Gasteiger partial charge in [-0.05, 0) is 24.3 Å². The highest BCUT2D eigenvalue weighted by Crippen LogP contribution is 2.18. The first-order valence-corrected chi connectivity index (χ1v) is 5.17. The van der Waals surface area contributed by atoms with Crippen molar-refractivity contribution in [1.82, 2.24) is 0 Å². The zero-order chi connectivity index (χ0) is 9.97. The summed E-state index contributed by atoms with van der Waals surface area (Å²) in [5.74, 6) is 0.0648. The number of hydrogen-bond donors (Lipinski definition) is 0. The Labute approximate surface area is 90.7 Å². The van der Waals surface area contributed by atoms with E-state index in [1.807, 2.05) is 24.3 Å². The summed E-state index contributed by atoms with van der Waals surface area (Å²) in [5.41, 5.74) is 1.47. The SMILES string of the molecule is O=C(C1=COCC1)c1ccc(Br)cc1. The van der Waals surface area contributed by atoms with E-state index in [-0.39, 0.29) is 5.78 Å². The predicted molar refractivity (Wildman–Crippen MR) is 57.1 cm³/mol. The van der Waals surface area contributed by atoms with E-state index in [4.69, 9.17) is 4.74 Å². The number of rotatable bonds is 2. The minimum Gasteiger partial charge on any atom is -0.500 e. The highest BCUT2D eigenvalue weighted by atomic mass is 79.9. The van der Waals surface area contributed by atoms with Gasteiger partial charge in [-0.1, -0.05) is 15.9 Å². The van der Waals surface area contributed by atoms with E-state index in [0.29, 0.717) is 12.2 Å². The van der Waals surface area contributed by atoms with Crippen LogP contribution >= 0.6 is 15.9 Å². The fourth-order valence-electron chi connectivity index (χ4n) is 1.34. The first-order valence-electron chi connectivity index (χ1n) is 4.38. The van der Waals surface area contributed by atoms with Gasteiger partial charge < -0.3 is 4.74 Å². The van der Waals surface area contributed by atoms with Crippen LogP contribution in [0.15, 0.2) is 40.6 Å². The number of halogens is 1. The third-order valence-electron chi connectivity index (χ3n) is 2.11. The van der Waals surface area contributed by atoms with Crippen LogP contribution in [-0.4, -0.2) is 12.4 Å². The average molecular weight is 253 g/mol. The maximum Gasteiger partial charge on any atom is 0.192 e. The van der Waals surface area contributed by atoms with Gasteiger partial charge in [0.1, 0.15) is 0 Å². The lowest BCUT2D eigenvalue weighted by Crippen LogP contribution is -2.01. The maximum atomic E-state index is 11.8. The Bertz CT molecular complexity index is 379. The van der Waals surface area contributed by atoms with Gasteiger partial charge in [0.2, 0.25) is 0 Å². The molecule has 2 rings (SSSR count). The van der Waals surface area contributed by atoms with Crippen LogP contribution in [0.1, 0.15) is 16.8 Å². The lowest BCUT2D eigenvalue weighted by Gasteiger charge is -1.99. The van der Waals surface area contributed by atoms with E-state index in [0.717, 1.165) is 16.5 Å². The molecule has 0 unspecified atom stereocenters. The number of benzene rings is 1. The molecule has 0 aliphatic carbocycles. The van der Waals surface area contributed by atoms with Gasteiger partial charge in [0, 0.05) is 22.0 Å². The molecule has 1 aromatic rings. The van der Waals surface area contributed by atoms with Crippen LogP contribution < -0.4 is 0 Å². The van der Waals surface area contributed by atoms with Gasteiger partial charge in [-0.2, -0.15) is 0 Å². The second kappa shape index (κ2) is 3.96. The molecular formula is C11H9BrO2. The van der Waals surface area contributed by atoms with Crippen LogP contribution in [0.3, 0.4) is 0 Å². The Kier molecular flexibility index (Phi) is 2.68. The summed E-state index contributed by atoms with van der Waals surface area (Å²) in [5, 5.41) is 0. The maximum absolute atomic E-state index is 11.8. The molecule has 0 fully saturated rings. The van der Waals surface area contributed by atoms with Crippen molar-refractivity contribution >= 4 is 21.7 Å². The van der Waals surface area contributed by atoms with Crippen molar-refractivity contribution in [3.63, 3.8) is 0 Å². The molecule has 3 heteroatoms. The van der Waals surface area contributed by atoms with Gasteiger partial charge >= 0.3 is 0 Å². The van der Waals surface area contributed by atoms with Gasteiger partial charge in [-0.3, -0.25) is 4.79 Å². The molecule has 1 aliphatic rings. The summed E-state index contributed by atoms with van der Waals surface area (Å²) >= 11 is 3.33. The quantitative estimate of drug-likeness (QED) is 0.757. The molecule has 1 heterocycles. The van der Waals surface area contributed by atoms with Gasteiger partial charge in [0.25, 0.3) is 0 Å². The standard InChI is InChI=1S/C11H9BrO2/c12-10-3-1-8(2-4-10)11(13)9-5-6-14-7-9/h1-4,7H,5-6H2. The third kappa shape index (κ3) is 1.87. The van der Waals surface area contributed by atoms with E-state index in [2.05, 4.69) is 15.9 Å². The smallest absolute Gasteiger partial charge is 0.192 e. The molecule has 1 aromatic carbocycles. The number of ketones is 1. The number of carbonyl (C=O) groups is 1. The van der Waals surface area contributed by atoms with E-state index in [1.54, 1.807) is 6.26 Å². The van der Waals surface area contributed by atoms with Crippen molar-refractivity contribution in [3.05, 3.63) is 46.1 Å². The monoisotopic (exact) mass is 252 g/mol. The molecule has 0 radical (unpaired) electrons. The molecular weight excluding hydrogens is 244 g/mol. The van der Waals surface area contributed by atoms with E-state index < -0.39 is 0 Å². The van der Waals surface area contributed by atoms with Crippen molar-refractivity contribution in [1.29, 1.82) is 0 Å². The second-order valence-electron chi connectivity index (χ2n) is 3.10. The van der Waals surface area contributed by atoms with Crippen LogP contribution in [0.2, 0.25) is 0 Å². The number of ether oxygens (including phenoxy) is 1. The van der Waals surface area contributed by atoms with Crippen molar-refractivity contribution in [2.75, 3.05) is 6.61 Å². The molecule has 0 aromatic heterocycles. The summed E-state index contributed by atoms with van der Waals surface area (Å²) in [6.07, 6.45) is 2.28. The predicted octanol–water partition coefficient (Wildman–Crippen LogP) is 2.94. The van der Waals surface area contributed by atoms with Gasteiger partial charge in [0.15, 0.2) is 5.78 Å². The summed E-state index contributed by atoms with van der Waals surface area (Å²) in [6, 6.07) is 7.35. The van der Waals surface area contributed by atoms with E-state index >= 15 is 0 Å². The molecule has 2 nitrogen and oxygen atoms in total. The molecule has 72 valence electrons. The third-order valence-corrected chi connectivity index (χ3v) is 2.64. The highest BCUT2D eigenvalue weighted by Gasteiger charge is 2.15. The molecule has 0 spiro atoms. The van der Waals surface area contributed by atoms with Gasteiger partial charge in [-0.25, -0.2) is 0 Å². The molecule has 0 amide bonds.